The zero-order chi connectivity index (χ0) is 15.4. The van der Waals surface area contributed by atoms with Gasteiger partial charge in [0, 0.05) is 30.3 Å². The minimum atomic E-state index is 0.0131. The Balaban J connectivity index is 2.19. The van der Waals surface area contributed by atoms with Crippen molar-refractivity contribution >= 4 is 17.3 Å². The van der Waals surface area contributed by atoms with Gasteiger partial charge in [0.2, 0.25) is 0 Å². The van der Waals surface area contributed by atoms with E-state index in [-0.39, 0.29) is 11.5 Å². The smallest absolute Gasteiger partial charge is 0.162 e. The van der Waals surface area contributed by atoms with Crippen LogP contribution in [-0.2, 0) is 6.54 Å². The lowest BCUT2D eigenvalue weighted by Crippen LogP contribution is -2.01. The Morgan fingerprint density at radius 3 is 2.33 bits per heavy atom. The Bertz CT molecular complexity index is 646. The number of anilines is 1. The molecule has 0 aliphatic carbocycles. The van der Waals surface area contributed by atoms with E-state index in [0.717, 1.165) is 0 Å². The predicted octanol–water partition coefficient (Wildman–Crippen LogP) is 3.38. The largest absolute Gasteiger partial charge is 0.508 e. The molecule has 2 rings (SSSR count). The minimum absolute atomic E-state index is 0.0131. The van der Waals surface area contributed by atoms with Crippen LogP contribution in [0.3, 0.4) is 0 Å². The molecule has 0 spiro atoms. The SMILES string of the molecule is COc1cc(Cl)c(NCc2ccc(O)cc2O)cc1OC. The molecule has 3 N–H and O–H groups in total. The molecule has 6 heteroatoms. The van der Waals surface area contributed by atoms with Gasteiger partial charge in [0.1, 0.15) is 11.5 Å². The molecule has 0 unspecified atom stereocenters. The van der Waals surface area contributed by atoms with Crippen molar-refractivity contribution in [1.29, 1.82) is 0 Å². The molecule has 0 aliphatic rings. The van der Waals surface area contributed by atoms with Crippen LogP contribution >= 0.6 is 11.6 Å². The molecule has 0 fully saturated rings. The maximum Gasteiger partial charge on any atom is 0.162 e. The van der Waals surface area contributed by atoms with Gasteiger partial charge in [-0.15, -0.1) is 0 Å². The van der Waals surface area contributed by atoms with Crippen LogP contribution in [0, 0.1) is 0 Å². The van der Waals surface area contributed by atoms with E-state index in [1.54, 1.807) is 25.3 Å². The molecule has 2 aromatic carbocycles. The van der Waals surface area contributed by atoms with Crippen LogP contribution in [0.4, 0.5) is 5.69 Å². The Labute approximate surface area is 127 Å². The summed E-state index contributed by atoms with van der Waals surface area (Å²) < 4.78 is 10.4. The molecule has 0 aromatic heterocycles. The summed E-state index contributed by atoms with van der Waals surface area (Å²) in [4.78, 5) is 0. The van der Waals surface area contributed by atoms with E-state index in [1.807, 2.05) is 0 Å². The van der Waals surface area contributed by atoms with E-state index in [0.29, 0.717) is 34.3 Å². The molecule has 21 heavy (non-hydrogen) atoms. The molecule has 0 atom stereocenters. The lowest BCUT2D eigenvalue weighted by Gasteiger charge is -2.14. The number of halogens is 1. The van der Waals surface area contributed by atoms with E-state index in [4.69, 9.17) is 21.1 Å². The Kier molecular flexibility index (Phi) is 4.65. The van der Waals surface area contributed by atoms with Crippen molar-refractivity contribution in [2.75, 3.05) is 19.5 Å². The highest BCUT2D eigenvalue weighted by atomic mass is 35.5. The number of hydrogen-bond acceptors (Lipinski definition) is 5. The fourth-order valence-electron chi connectivity index (χ4n) is 1.88. The second-order valence-corrected chi connectivity index (χ2v) is 4.76. The van der Waals surface area contributed by atoms with Crippen LogP contribution in [0.15, 0.2) is 30.3 Å². The summed E-state index contributed by atoms with van der Waals surface area (Å²) in [6, 6.07) is 7.80. The topological polar surface area (TPSA) is 71.0 Å². The van der Waals surface area contributed by atoms with Crippen LogP contribution < -0.4 is 14.8 Å². The summed E-state index contributed by atoms with van der Waals surface area (Å²) in [5.41, 5.74) is 1.29. The van der Waals surface area contributed by atoms with Crippen LogP contribution in [-0.4, -0.2) is 24.4 Å². The van der Waals surface area contributed by atoms with Crippen molar-refractivity contribution in [2.24, 2.45) is 0 Å². The van der Waals surface area contributed by atoms with Crippen LogP contribution in [0.25, 0.3) is 0 Å². The number of aromatic hydroxyl groups is 2. The average molecular weight is 310 g/mol. The molecule has 0 heterocycles. The van der Waals surface area contributed by atoms with Gasteiger partial charge in [0.15, 0.2) is 11.5 Å². The lowest BCUT2D eigenvalue weighted by molar-refractivity contribution is 0.355. The molecular weight excluding hydrogens is 294 g/mol. The molecule has 0 amide bonds. The van der Waals surface area contributed by atoms with Gasteiger partial charge in [0.05, 0.1) is 24.9 Å². The van der Waals surface area contributed by atoms with Gasteiger partial charge < -0.3 is 25.0 Å². The quantitative estimate of drug-likeness (QED) is 0.790. The highest BCUT2D eigenvalue weighted by Gasteiger charge is 2.10. The van der Waals surface area contributed by atoms with Crippen LogP contribution in [0.5, 0.6) is 23.0 Å². The third-order valence-electron chi connectivity index (χ3n) is 3.01. The number of benzene rings is 2. The molecule has 0 aliphatic heterocycles. The first-order valence-electron chi connectivity index (χ1n) is 6.21. The molecule has 0 bridgehead atoms. The summed E-state index contributed by atoms with van der Waals surface area (Å²) >= 11 is 6.17. The lowest BCUT2D eigenvalue weighted by atomic mass is 10.2. The van der Waals surface area contributed by atoms with Crippen LogP contribution in [0.1, 0.15) is 5.56 Å². The van der Waals surface area contributed by atoms with Crippen molar-refractivity contribution in [3.8, 4) is 23.0 Å². The zero-order valence-corrected chi connectivity index (χ0v) is 12.4. The number of nitrogens with one attached hydrogen (secondary N) is 1. The molecule has 2 aromatic rings. The van der Waals surface area contributed by atoms with E-state index in [9.17, 15) is 10.2 Å². The van der Waals surface area contributed by atoms with Crippen molar-refractivity contribution in [1.82, 2.24) is 0 Å². The standard InChI is InChI=1S/C15H16ClNO4/c1-20-14-6-11(16)12(7-15(14)21-2)17-8-9-3-4-10(18)5-13(9)19/h3-7,17-19H,8H2,1-2H3. The van der Waals surface area contributed by atoms with Crippen molar-refractivity contribution in [3.05, 3.63) is 40.9 Å². The van der Waals surface area contributed by atoms with Gasteiger partial charge in [-0.1, -0.05) is 11.6 Å². The van der Waals surface area contributed by atoms with Gasteiger partial charge >= 0.3 is 0 Å². The molecular formula is C15H16ClNO4. The molecule has 0 radical (unpaired) electrons. The maximum atomic E-state index is 9.74. The van der Waals surface area contributed by atoms with Crippen molar-refractivity contribution in [2.45, 2.75) is 6.54 Å². The summed E-state index contributed by atoms with van der Waals surface area (Å²) in [5, 5.41) is 22.6. The van der Waals surface area contributed by atoms with Crippen LogP contribution in [0.2, 0.25) is 5.02 Å². The number of phenolic OH excluding ortho intramolecular Hbond substituents is 2. The summed E-state index contributed by atoms with van der Waals surface area (Å²) in [6.45, 7) is 0.349. The summed E-state index contributed by atoms with van der Waals surface area (Å²) in [6.07, 6.45) is 0. The first-order valence-corrected chi connectivity index (χ1v) is 6.59. The molecule has 0 saturated carbocycles. The molecule has 0 saturated heterocycles. The first-order chi connectivity index (χ1) is 10.0. The fraction of sp³-hybridized carbons (Fsp3) is 0.200. The summed E-state index contributed by atoms with van der Waals surface area (Å²) in [5.74, 6) is 1.12. The van der Waals surface area contributed by atoms with Crippen molar-refractivity contribution < 1.29 is 19.7 Å². The first kappa shape index (κ1) is 15.1. The number of phenols is 2. The third-order valence-corrected chi connectivity index (χ3v) is 3.32. The monoisotopic (exact) mass is 309 g/mol. The van der Waals surface area contributed by atoms with Gasteiger partial charge in [-0.2, -0.15) is 0 Å². The predicted molar refractivity (Wildman–Crippen MR) is 81.7 cm³/mol. The summed E-state index contributed by atoms with van der Waals surface area (Å²) in [7, 11) is 3.08. The van der Waals surface area contributed by atoms with Crippen molar-refractivity contribution in [3.63, 3.8) is 0 Å². The Hall–Kier alpha value is -2.27. The van der Waals surface area contributed by atoms with Gasteiger partial charge in [-0.25, -0.2) is 0 Å². The van der Waals surface area contributed by atoms with E-state index < -0.39 is 0 Å². The van der Waals surface area contributed by atoms with Gasteiger partial charge in [-0.3, -0.25) is 0 Å². The van der Waals surface area contributed by atoms with E-state index in [2.05, 4.69) is 5.32 Å². The number of methoxy groups -OCH3 is 2. The third kappa shape index (κ3) is 3.44. The highest BCUT2D eigenvalue weighted by molar-refractivity contribution is 6.33. The molecule has 112 valence electrons. The minimum Gasteiger partial charge on any atom is -0.508 e. The van der Waals surface area contributed by atoms with E-state index >= 15 is 0 Å². The van der Waals surface area contributed by atoms with Gasteiger partial charge in [-0.05, 0) is 12.1 Å². The highest BCUT2D eigenvalue weighted by Crippen LogP contribution is 2.36. The Morgan fingerprint density at radius 2 is 1.71 bits per heavy atom. The number of hydrogen-bond donors (Lipinski definition) is 3. The van der Waals surface area contributed by atoms with Gasteiger partial charge in [0.25, 0.3) is 0 Å². The number of ether oxygens (including phenoxy) is 2. The second kappa shape index (κ2) is 6.45. The Morgan fingerprint density at radius 1 is 1.05 bits per heavy atom. The van der Waals surface area contributed by atoms with E-state index in [1.165, 1.54) is 19.2 Å². The second-order valence-electron chi connectivity index (χ2n) is 4.35. The average Bonchev–Trinajstić information content (AvgIpc) is 2.47. The zero-order valence-electron chi connectivity index (χ0n) is 11.7. The normalized spacial score (nSPS) is 10.2. The molecule has 5 nitrogen and oxygen atoms in total. The maximum absolute atomic E-state index is 9.74. The fourth-order valence-corrected chi connectivity index (χ4v) is 2.10. The number of rotatable bonds is 5.